The first kappa shape index (κ1) is 40.5. The number of fused-ring (bicyclic) bond motifs is 1. The second kappa shape index (κ2) is 17.8. The zero-order valence-electron chi connectivity index (χ0n) is 34.1. The lowest BCUT2D eigenvalue weighted by atomic mass is 9.98. The van der Waals surface area contributed by atoms with Crippen LogP contribution in [0, 0.1) is 23.2 Å². The SMILES string of the molecule is COC(=O)N[C@H](C(=O)N(C[C@@H](C)C#N)[C@@H](C)c1ncc(-c2ccc3cc(-c4ccc(-c5cnc([C@@H]6CCCN6C(=O)Cc6ccccc6)[nH]5)cc4)ccc3c2)[nH]1)C(C)C. The van der Waals surface area contributed by atoms with E-state index >= 15 is 0 Å². The summed E-state index contributed by atoms with van der Waals surface area (Å²) in [5, 5.41) is 14.4. The van der Waals surface area contributed by atoms with E-state index < -0.39 is 24.1 Å². The zero-order chi connectivity index (χ0) is 41.6. The Bertz CT molecular complexity index is 2470. The van der Waals surface area contributed by atoms with Crippen LogP contribution in [0.2, 0.25) is 0 Å². The van der Waals surface area contributed by atoms with Gasteiger partial charge in [0, 0.05) is 18.7 Å². The fraction of sp³-hybridized carbons (Fsp3) is 0.319. The Morgan fingerprint density at radius 1 is 0.864 bits per heavy atom. The van der Waals surface area contributed by atoms with Gasteiger partial charge in [0.05, 0.1) is 61.4 Å². The topological polar surface area (TPSA) is 160 Å². The highest BCUT2D eigenvalue weighted by molar-refractivity contribution is 5.91. The third kappa shape index (κ3) is 9.05. The summed E-state index contributed by atoms with van der Waals surface area (Å²) in [5.74, 6) is 0.551. The summed E-state index contributed by atoms with van der Waals surface area (Å²) < 4.78 is 4.77. The molecule has 1 fully saturated rings. The molecule has 3 N–H and O–H groups in total. The van der Waals surface area contributed by atoms with Gasteiger partial charge in [-0.05, 0) is 77.8 Å². The maximum Gasteiger partial charge on any atom is 0.407 e. The van der Waals surface area contributed by atoms with E-state index in [4.69, 9.17) is 9.72 Å². The summed E-state index contributed by atoms with van der Waals surface area (Å²) in [4.78, 5) is 59.0. The van der Waals surface area contributed by atoms with Crippen LogP contribution < -0.4 is 5.32 Å². The standard InChI is InChI=1S/C47H50N8O4/c1-29(2)43(53-47(58)59-5)46(57)55(28-30(3)25-48)31(4)44-49-27-40(51-44)38-20-19-36-23-35(17-18-37(36)24-38)33-13-15-34(16-14-33)39-26-50-45(52-39)41-12-9-21-54(41)42(56)22-32-10-7-6-8-11-32/h6-8,10-11,13-20,23-24,26-27,29-31,41,43H,9,12,21-22,28H2,1-5H3,(H,49,51)(H,50,52)(H,53,58)/t30-,31-,41-,43-/m0/s1. The first-order chi connectivity index (χ1) is 28.5. The molecule has 4 atom stereocenters. The Kier molecular flexibility index (Phi) is 12.2. The van der Waals surface area contributed by atoms with E-state index in [-0.39, 0.29) is 30.3 Å². The van der Waals surface area contributed by atoms with Crippen molar-refractivity contribution in [2.45, 2.75) is 65.1 Å². The van der Waals surface area contributed by atoms with Gasteiger partial charge in [-0.2, -0.15) is 5.26 Å². The van der Waals surface area contributed by atoms with E-state index in [2.05, 4.69) is 80.9 Å². The van der Waals surface area contributed by atoms with Gasteiger partial charge in [0.2, 0.25) is 11.8 Å². The van der Waals surface area contributed by atoms with Gasteiger partial charge in [-0.3, -0.25) is 9.59 Å². The molecule has 1 aliphatic heterocycles. The highest BCUT2D eigenvalue weighted by Gasteiger charge is 2.34. The molecule has 0 aliphatic carbocycles. The van der Waals surface area contributed by atoms with E-state index in [1.165, 1.54) is 7.11 Å². The summed E-state index contributed by atoms with van der Waals surface area (Å²) in [7, 11) is 1.26. The van der Waals surface area contributed by atoms with E-state index in [1.807, 2.05) is 68.3 Å². The average molecular weight is 791 g/mol. The molecule has 0 saturated carbocycles. The molecule has 12 nitrogen and oxygen atoms in total. The minimum atomic E-state index is -0.837. The number of carbonyl (C=O) groups is 3. The summed E-state index contributed by atoms with van der Waals surface area (Å²) in [6.45, 7) is 8.22. The fourth-order valence-electron chi connectivity index (χ4n) is 7.81. The van der Waals surface area contributed by atoms with Crippen LogP contribution in [0.1, 0.15) is 69.8 Å². The van der Waals surface area contributed by atoms with Gasteiger partial charge >= 0.3 is 6.09 Å². The van der Waals surface area contributed by atoms with Crippen LogP contribution in [0.4, 0.5) is 4.79 Å². The molecule has 59 heavy (non-hydrogen) atoms. The summed E-state index contributed by atoms with van der Waals surface area (Å²) in [5.41, 5.74) is 6.88. The lowest BCUT2D eigenvalue weighted by Gasteiger charge is -2.33. The van der Waals surface area contributed by atoms with Gasteiger partial charge in [-0.1, -0.05) is 92.7 Å². The van der Waals surface area contributed by atoms with Crippen LogP contribution in [0.25, 0.3) is 44.4 Å². The molecule has 0 unspecified atom stereocenters. The third-order valence-electron chi connectivity index (χ3n) is 11.2. The highest BCUT2D eigenvalue weighted by Crippen LogP contribution is 2.34. The van der Waals surface area contributed by atoms with Gasteiger partial charge in [0.25, 0.3) is 0 Å². The monoisotopic (exact) mass is 790 g/mol. The number of nitrogens with zero attached hydrogens (tertiary/aromatic N) is 5. The number of benzene rings is 4. The quantitative estimate of drug-likeness (QED) is 0.106. The number of aromatic nitrogens is 4. The van der Waals surface area contributed by atoms with Crippen LogP contribution in [0.15, 0.2) is 103 Å². The molecule has 7 rings (SSSR count). The number of hydrogen-bond acceptors (Lipinski definition) is 7. The smallest absolute Gasteiger partial charge is 0.407 e. The lowest BCUT2D eigenvalue weighted by Crippen LogP contribution is -2.52. The predicted octanol–water partition coefficient (Wildman–Crippen LogP) is 8.62. The number of rotatable bonds is 13. The minimum Gasteiger partial charge on any atom is -0.453 e. The molecule has 1 aliphatic rings. The number of imidazole rings is 2. The summed E-state index contributed by atoms with van der Waals surface area (Å²) >= 11 is 0. The van der Waals surface area contributed by atoms with Gasteiger partial charge in [-0.15, -0.1) is 0 Å². The number of amides is 3. The molecule has 0 radical (unpaired) electrons. The Labute approximate surface area is 344 Å². The molecule has 1 saturated heterocycles. The lowest BCUT2D eigenvalue weighted by molar-refractivity contribution is -0.137. The number of methoxy groups -OCH3 is 1. The summed E-state index contributed by atoms with van der Waals surface area (Å²) in [6.07, 6.45) is 5.15. The fourth-order valence-corrected chi connectivity index (χ4v) is 7.81. The minimum absolute atomic E-state index is 0.0535. The normalized spacial score (nSPS) is 15.4. The van der Waals surface area contributed by atoms with Crippen molar-refractivity contribution in [2.24, 2.45) is 11.8 Å². The number of alkyl carbamates (subject to hydrolysis) is 1. The van der Waals surface area contributed by atoms with Crippen LogP contribution in [0.5, 0.6) is 0 Å². The number of hydrogen-bond donors (Lipinski definition) is 3. The molecular formula is C47H50N8O4. The van der Waals surface area contributed by atoms with Crippen molar-refractivity contribution in [3.8, 4) is 39.7 Å². The molecule has 302 valence electrons. The highest BCUT2D eigenvalue weighted by atomic mass is 16.5. The van der Waals surface area contributed by atoms with Crippen LogP contribution >= 0.6 is 0 Å². The molecule has 3 heterocycles. The third-order valence-corrected chi connectivity index (χ3v) is 11.2. The molecule has 3 amide bonds. The number of likely N-dealkylation sites (tertiary alicyclic amines) is 1. The molecule has 2 aromatic heterocycles. The van der Waals surface area contributed by atoms with Gasteiger partial charge in [0.1, 0.15) is 17.7 Å². The number of nitrogens with one attached hydrogen (secondary N) is 3. The van der Waals surface area contributed by atoms with Gasteiger partial charge < -0.3 is 29.8 Å². The molecule has 4 aromatic carbocycles. The molecule has 6 aromatic rings. The molecule has 12 heteroatoms. The zero-order valence-corrected chi connectivity index (χ0v) is 34.1. The first-order valence-corrected chi connectivity index (χ1v) is 20.2. The number of ether oxygens (including phenoxy) is 1. The predicted molar refractivity (Wildman–Crippen MR) is 227 cm³/mol. The van der Waals surface area contributed by atoms with Crippen LogP contribution in [-0.2, 0) is 20.7 Å². The van der Waals surface area contributed by atoms with Crippen LogP contribution in [0.3, 0.4) is 0 Å². The van der Waals surface area contributed by atoms with Crippen LogP contribution in [-0.4, -0.2) is 73.9 Å². The van der Waals surface area contributed by atoms with E-state index in [0.717, 1.165) is 75.2 Å². The summed E-state index contributed by atoms with van der Waals surface area (Å²) in [6, 6.07) is 31.8. The van der Waals surface area contributed by atoms with Crippen molar-refractivity contribution in [3.63, 3.8) is 0 Å². The Morgan fingerprint density at radius 3 is 2.20 bits per heavy atom. The Morgan fingerprint density at radius 2 is 1.51 bits per heavy atom. The number of H-pyrrole nitrogens is 2. The van der Waals surface area contributed by atoms with Crippen molar-refractivity contribution >= 4 is 28.7 Å². The first-order valence-electron chi connectivity index (χ1n) is 20.2. The van der Waals surface area contributed by atoms with Gasteiger partial charge in [-0.25, -0.2) is 14.8 Å². The number of aromatic amines is 2. The van der Waals surface area contributed by atoms with E-state index in [1.54, 1.807) is 18.0 Å². The Balaban J connectivity index is 1.04. The second-order valence-electron chi connectivity index (χ2n) is 15.7. The van der Waals surface area contributed by atoms with Crippen molar-refractivity contribution in [2.75, 3.05) is 20.2 Å². The number of nitriles is 1. The number of carbonyl (C=O) groups excluding carboxylic acids is 3. The van der Waals surface area contributed by atoms with Crippen molar-refractivity contribution in [3.05, 3.63) is 121 Å². The van der Waals surface area contributed by atoms with Gasteiger partial charge in [0.15, 0.2) is 0 Å². The maximum absolute atomic E-state index is 13.8. The largest absolute Gasteiger partial charge is 0.453 e. The van der Waals surface area contributed by atoms with Crippen molar-refractivity contribution in [1.29, 1.82) is 5.26 Å². The van der Waals surface area contributed by atoms with Crippen molar-refractivity contribution < 1.29 is 19.1 Å². The van der Waals surface area contributed by atoms with E-state index in [0.29, 0.717) is 12.2 Å². The van der Waals surface area contributed by atoms with E-state index in [9.17, 15) is 19.6 Å². The van der Waals surface area contributed by atoms with Crippen molar-refractivity contribution in [1.82, 2.24) is 35.1 Å². The maximum atomic E-state index is 13.8. The molecule has 0 spiro atoms. The molecular weight excluding hydrogens is 741 g/mol. The Hall–Kier alpha value is -6.74. The molecule has 0 bridgehead atoms. The average Bonchev–Trinajstić information content (AvgIpc) is 4.06. The second-order valence-corrected chi connectivity index (χ2v) is 15.7.